The van der Waals surface area contributed by atoms with E-state index in [4.69, 9.17) is 19.9 Å². The number of hydrogen-bond donors (Lipinski definition) is 2. The summed E-state index contributed by atoms with van der Waals surface area (Å²) in [6.45, 7) is 7.52. The maximum absolute atomic E-state index is 9.00. The predicted octanol–water partition coefficient (Wildman–Crippen LogP) is 5.60. The highest BCUT2D eigenvalue weighted by Gasteiger charge is 2.22. The quantitative estimate of drug-likeness (QED) is 0.513. The van der Waals surface area contributed by atoms with Gasteiger partial charge < -0.3 is 10.4 Å². The van der Waals surface area contributed by atoms with Crippen LogP contribution in [0.3, 0.4) is 0 Å². The third kappa shape index (κ3) is 11.5. The molecule has 5 nitrogen and oxygen atoms in total. The molecule has 0 fully saturated rings. The molecular formula is C23H37N3O2. The highest BCUT2D eigenvalue weighted by atomic mass is 16.4. The van der Waals surface area contributed by atoms with Gasteiger partial charge in [0.15, 0.2) is 0 Å². The van der Waals surface area contributed by atoms with Crippen LogP contribution in [0.4, 0.5) is 0 Å². The SMILES string of the molecule is CC(=O)O.CCCCCCCCCC1=NC(C)(C)N=C(Cc2ccccc2)N1. The van der Waals surface area contributed by atoms with Crippen LogP contribution in [0, 0.1) is 0 Å². The molecule has 0 saturated heterocycles. The summed E-state index contributed by atoms with van der Waals surface area (Å²) in [5.41, 5.74) is 0.947. The van der Waals surface area contributed by atoms with Gasteiger partial charge in [-0.1, -0.05) is 75.8 Å². The molecule has 2 N–H and O–H groups in total. The number of unbranched alkanes of at least 4 members (excludes halogenated alkanes) is 6. The third-order valence-corrected chi connectivity index (χ3v) is 4.34. The highest BCUT2D eigenvalue weighted by molar-refractivity contribution is 6.03. The van der Waals surface area contributed by atoms with Crippen LogP contribution >= 0.6 is 0 Å². The first-order valence-electron chi connectivity index (χ1n) is 10.5. The van der Waals surface area contributed by atoms with E-state index >= 15 is 0 Å². The average Bonchev–Trinajstić information content (AvgIpc) is 2.60. The zero-order valence-corrected chi connectivity index (χ0v) is 18.0. The van der Waals surface area contributed by atoms with Gasteiger partial charge in [-0.3, -0.25) is 4.79 Å². The molecule has 1 heterocycles. The maximum atomic E-state index is 9.00. The lowest BCUT2D eigenvalue weighted by Crippen LogP contribution is -2.40. The Bertz CT molecular complexity index is 633. The summed E-state index contributed by atoms with van der Waals surface area (Å²) in [5.74, 6) is 1.31. The van der Waals surface area contributed by atoms with Crippen molar-refractivity contribution in [1.82, 2.24) is 5.32 Å². The molecule has 28 heavy (non-hydrogen) atoms. The van der Waals surface area contributed by atoms with Crippen LogP contribution in [0.1, 0.15) is 84.6 Å². The lowest BCUT2D eigenvalue weighted by atomic mass is 10.1. The first-order valence-corrected chi connectivity index (χ1v) is 10.5. The van der Waals surface area contributed by atoms with Crippen molar-refractivity contribution in [3.8, 4) is 0 Å². The summed E-state index contributed by atoms with van der Waals surface area (Å²) >= 11 is 0. The van der Waals surface area contributed by atoms with Gasteiger partial charge in [-0.15, -0.1) is 0 Å². The Balaban J connectivity index is 0.000000892. The summed E-state index contributed by atoms with van der Waals surface area (Å²) < 4.78 is 0. The minimum absolute atomic E-state index is 0.341. The molecule has 0 unspecified atom stereocenters. The number of benzene rings is 1. The van der Waals surface area contributed by atoms with Gasteiger partial charge in [0.05, 0.1) is 0 Å². The van der Waals surface area contributed by atoms with Crippen LogP contribution in [0.25, 0.3) is 0 Å². The van der Waals surface area contributed by atoms with Crippen LogP contribution in [-0.4, -0.2) is 28.4 Å². The molecule has 0 atom stereocenters. The van der Waals surface area contributed by atoms with E-state index in [1.54, 1.807) is 0 Å². The van der Waals surface area contributed by atoms with Gasteiger partial charge in [0.2, 0.25) is 0 Å². The van der Waals surface area contributed by atoms with Gasteiger partial charge in [0, 0.05) is 19.8 Å². The van der Waals surface area contributed by atoms with Crippen molar-refractivity contribution >= 4 is 17.6 Å². The number of carboxylic acids is 1. The van der Waals surface area contributed by atoms with E-state index in [2.05, 4.69) is 56.4 Å². The summed E-state index contributed by atoms with van der Waals surface area (Å²) in [5, 5.41) is 10.9. The smallest absolute Gasteiger partial charge is 0.300 e. The second-order valence-corrected chi connectivity index (χ2v) is 7.79. The van der Waals surface area contributed by atoms with E-state index in [-0.39, 0.29) is 5.66 Å². The Morgan fingerprint density at radius 2 is 1.50 bits per heavy atom. The van der Waals surface area contributed by atoms with Gasteiger partial charge in [-0.2, -0.15) is 0 Å². The number of nitrogens with zero attached hydrogens (tertiary/aromatic N) is 2. The summed E-state index contributed by atoms with van der Waals surface area (Å²) in [6, 6.07) is 10.5. The van der Waals surface area contributed by atoms with Crippen molar-refractivity contribution in [2.75, 3.05) is 0 Å². The Labute approximate surface area is 170 Å². The molecule has 156 valence electrons. The van der Waals surface area contributed by atoms with Gasteiger partial charge in [-0.25, -0.2) is 9.98 Å². The molecule has 0 saturated carbocycles. The Morgan fingerprint density at radius 1 is 0.964 bits per heavy atom. The average molecular weight is 388 g/mol. The van der Waals surface area contributed by atoms with Crippen LogP contribution in [0.5, 0.6) is 0 Å². The molecule has 1 aliphatic heterocycles. The van der Waals surface area contributed by atoms with Crippen LogP contribution in [-0.2, 0) is 11.2 Å². The van der Waals surface area contributed by atoms with Crippen molar-refractivity contribution in [3.63, 3.8) is 0 Å². The van der Waals surface area contributed by atoms with Crippen molar-refractivity contribution in [2.24, 2.45) is 9.98 Å². The van der Waals surface area contributed by atoms with E-state index in [0.717, 1.165) is 31.4 Å². The van der Waals surface area contributed by atoms with Crippen molar-refractivity contribution < 1.29 is 9.90 Å². The van der Waals surface area contributed by atoms with Crippen molar-refractivity contribution in [3.05, 3.63) is 35.9 Å². The van der Waals surface area contributed by atoms with Crippen LogP contribution < -0.4 is 5.32 Å². The molecule has 0 spiro atoms. The summed E-state index contributed by atoms with van der Waals surface area (Å²) in [6.07, 6.45) is 11.2. The molecule has 2 rings (SSSR count). The van der Waals surface area contributed by atoms with Crippen LogP contribution in [0.2, 0.25) is 0 Å². The summed E-state index contributed by atoms with van der Waals surface area (Å²) in [7, 11) is 0. The molecule has 0 aromatic heterocycles. The van der Waals surface area contributed by atoms with Crippen molar-refractivity contribution in [2.45, 2.75) is 91.1 Å². The first kappa shape index (κ1) is 23.9. The van der Waals surface area contributed by atoms with Gasteiger partial charge in [-0.05, 0) is 25.8 Å². The van der Waals surface area contributed by atoms with Gasteiger partial charge in [0.1, 0.15) is 17.3 Å². The Hall–Kier alpha value is -2.17. The molecule has 5 heteroatoms. The molecule has 0 bridgehead atoms. The predicted molar refractivity (Wildman–Crippen MR) is 118 cm³/mol. The van der Waals surface area contributed by atoms with E-state index in [1.807, 2.05) is 0 Å². The first-order chi connectivity index (χ1) is 13.3. The number of rotatable bonds is 10. The third-order valence-electron chi connectivity index (χ3n) is 4.34. The lowest BCUT2D eigenvalue weighted by Gasteiger charge is -2.26. The minimum atomic E-state index is -0.833. The van der Waals surface area contributed by atoms with Crippen LogP contribution in [0.15, 0.2) is 40.3 Å². The van der Waals surface area contributed by atoms with Gasteiger partial charge >= 0.3 is 0 Å². The number of carbonyl (C=O) groups is 1. The fraction of sp³-hybridized carbons (Fsp3) is 0.609. The number of hydrogen-bond acceptors (Lipinski definition) is 4. The molecular weight excluding hydrogens is 350 g/mol. The Kier molecular flexibility index (Phi) is 11.2. The Morgan fingerprint density at radius 3 is 2.11 bits per heavy atom. The molecule has 0 aliphatic carbocycles. The number of aliphatic carboxylic acids is 1. The number of nitrogens with one attached hydrogen (secondary N) is 1. The highest BCUT2D eigenvalue weighted by Crippen LogP contribution is 2.18. The number of aliphatic imine (C=N–C) groups is 2. The van der Waals surface area contributed by atoms with Crippen molar-refractivity contribution in [1.29, 1.82) is 0 Å². The minimum Gasteiger partial charge on any atom is -0.481 e. The molecule has 1 aromatic carbocycles. The molecule has 0 amide bonds. The zero-order chi connectivity index (χ0) is 20.8. The largest absolute Gasteiger partial charge is 0.481 e. The van der Waals surface area contributed by atoms with E-state index < -0.39 is 5.97 Å². The molecule has 1 aromatic rings. The zero-order valence-electron chi connectivity index (χ0n) is 18.0. The summed E-state index contributed by atoms with van der Waals surface area (Å²) in [4.78, 5) is 18.5. The second-order valence-electron chi connectivity index (χ2n) is 7.79. The number of amidine groups is 2. The maximum Gasteiger partial charge on any atom is 0.300 e. The van der Waals surface area contributed by atoms with E-state index in [0.29, 0.717) is 0 Å². The standard InChI is InChI=1S/C21H33N3.C2H4O2/c1-4-5-6-7-8-9-13-16-19-22-20(24-21(2,3)23-19)17-18-14-11-10-12-15-18;1-2(3)4/h10-12,14-15H,4-9,13,16-17H2,1-3H3,(H,22,23,24);1H3,(H,3,4). The second kappa shape index (κ2) is 13.1. The van der Waals surface area contributed by atoms with E-state index in [9.17, 15) is 0 Å². The van der Waals surface area contributed by atoms with Gasteiger partial charge in [0.25, 0.3) is 5.97 Å². The molecule has 0 radical (unpaired) electrons. The van der Waals surface area contributed by atoms with E-state index in [1.165, 1.54) is 50.5 Å². The lowest BCUT2D eigenvalue weighted by molar-refractivity contribution is -0.134. The fourth-order valence-corrected chi connectivity index (χ4v) is 3.15. The monoisotopic (exact) mass is 387 g/mol. The fourth-order valence-electron chi connectivity index (χ4n) is 3.15. The molecule has 1 aliphatic rings. The topological polar surface area (TPSA) is 74.0 Å². The number of carboxylic acid groups (broad SMARTS) is 1. The normalized spacial score (nSPS) is 14.9.